The Bertz CT molecular complexity index is 569. The molecule has 4 heteroatoms. The monoisotopic (exact) mass is 445 g/mol. The molecule has 2 aromatic carbocycles. The van der Waals surface area contributed by atoms with Gasteiger partial charge in [0.05, 0.1) is 4.47 Å². The highest BCUT2D eigenvalue weighted by molar-refractivity contribution is 14.1. The Morgan fingerprint density at radius 2 is 1.90 bits per heavy atom. The van der Waals surface area contributed by atoms with Crippen LogP contribution in [-0.2, 0) is 13.0 Å². The predicted molar refractivity (Wildman–Crippen MR) is 95.0 cm³/mol. The third kappa shape index (κ3) is 4.46. The number of benzene rings is 2. The molecule has 0 aromatic heterocycles. The molecule has 0 aliphatic carbocycles. The third-order valence-electron chi connectivity index (χ3n) is 2.89. The summed E-state index contributed by atoms with van der Waals surface area (Å²) < 4.78 is 8.19. The second kappa shape index (κ2) is 7.43. The number of hydrogen-bond acceptors (Lipinski definition) is 2. The molecule has 0 aliphatic rings. The molecule has 0 fully saturated rings. The van der Waals surface area contributed by atoms with Crippen LogP contribution in [0.4, 0.5) is 0 Å². The standard InChI is InChI=1S/C16H17BrINO/c1-11(19)9-13-3-2-4-15(17)16(13)20-10-12-5-7-14(18)8-6-12/h2-8,11H,9-10,19H2,1H3. The van der Waals surface area contributed by atoms with Gasteiger partial charge in [0.25, 0.3) is 0 Å². The van der Waals surface area contributed by atoms with E-state index in [0.29, 0.717) is 6.61 Å². The number of halogens is 2. The first-order valence-electron chi connectivity index (χ1n) is 6.46. The number of ether oxygens (including phenoxy) is 1. The number of rotatable bonds is 5. The van der Waals surface area contributed by atoms with Crippen molar-refractivity contribution in [3.63, 3.8) is 0 Å². The summed E-state index contributed by atoms with van der Waals surface area (Å²) in [4.78, 5) is 0. The summed E-state index contributed by atoms with van der Waals surface area (Å²) in [6.45, 7) is 2.56. The van der Waals surface area contributed by atoms with Crippen molar-refractivity contribution >= 4 is 38.5 Å². The molecule has 1 atom stereocenters. The quantitative estimate of drug-likeness (QED) is 0.686. The second-order valence-electron chi connectivity index (χ2n) is 4.82. The molecule has 2 rings (SSSR count). The van der Waals surface area contributed by atoms with E-state index in [0.717, 1.165) is 27.8 Å². The van der Waals surface area contributed by atoms with Crippen molar-refractivity contribution in [3.05, 3.63) is 61.6 Å². The van der Waals surface area contributed by atoms with Gasteiger partial charge in [-0.05, 0) is 81.2 Å². The summed E-state index contributed by atoms with van der Waals surface area (Å²) in [5.74, 6) is 0.892. The van der Waals surface area contributed by atoms with Crippen molar-refractivity contribution in [2.24, 2.45) is 5.73 Å². The van der Waals surface area contributed by atoms with Crippen LogP contribution in [0.1, 0.15) is 18.1 Å². The Balaban J connectivity index is 2.13. The molecule has 0 heterocycles. The number of nitrogens with two attached hydrogens (primary N) is 1. The highest BCUT2D eigenvalue weighted by Gasteiger charge is 2.10. The summed E-state index contributed by atoms with van der Waals surface area (Å²) in [6.07, 6.45) is 0.807. The fraction of sp³-hybridized carbons (Fsp3) is 0.250. The lowest BCUT2D eigenvalue weighted by molar-refractivity contribution is 0.300. The van der Waals surface area contributed by atoms with Gasteiger partial charge < -0.3 is 10.5 Å². The maximum Gasteiger partial charge on any atom is 0.137 e. The highest BCUT2D eigenvalue weighted by Crippen LogP contribution is 2.30. The van der Waals surface area contributed by atoms with E-state index in [1.165, 1.54) is 3.57 Å². The molecule has 0 saturated heterocycles. The molecule has 0 bridgehead atoms. The molecule has 0 aliphatic heterocycles. The zero-order chi connectivity index (χ0) is 14.5. The van der Waals surface area contributed by atoms with Crippen molar-refractivity contribution in [1.29, 1.82) is 0 Å². The predicted octanol–water partition coefficient (Wildman–Crippen LogP) is 4.52. The van der Waals surface area contributed by atoms with Gasteiger partial charge in [0.1, 0.15) is 12.4 Å². The van der Waals surface area contributed by atoms with E-state index in [2.05, 4.69) is 68.9 Å². The van der Waals surface area contributed by atoms with Crippen molar-refractivity contribution in [2.45, 2.75) is 26.0 Å². The van der Waals surface area contributed by atoms with Crippen LogP contribution in [0, 0.1) is 3.57 Å². The Labute approximate surface area is 142 Å². The lowest BCUT2D eigenvalue weighted by Crippen LogP contribution is -2.18. The average Bonchev–Trinajstić information content (AvgIpc) is 2.39. The molecule has 2 N–H and O–H groups in total. The van der Waals surface area contributed by atoms with Gasteiger partial charge in [0, 0.05) is 9.61 Å². The van der Waals surface area contributed by atoms with E-state index in [1.807, 2.05) is 19.1 Å². The van der Waals surface area contributed by atoms with Crippen molar-refractivity contribution in [3.8, 4) is 5.75 Å². The van der Waals surface area contributed by atoms with Crippen LogP contribution in [0.15, 0.2) is 46.9 Å². The summed E-state index contributed by atoms with van der Waals surface area (Å²) in [5.41, 5.74) is 8.19. The van der Waals surface area contributed by atoms with E-state index < -0.39 is 0 Å². The molecule has 106 valence electrons. The van der Waals surface area contributed by atoms with Crippen molar-refractivity contribution in [1.82, 2.24) is 0 Å². The molecule has 0 saturated carbocycles. The van der Waals surface area contributed by atoms with Crippen LogP contribution in [0.3, 0.4) is 0 Å². The van der Waals surface area contributed by atoms with Crippen LogP contribution in [0.25, 0.3) is 0 Å². The Morgan fingerprint density at radius 3 is 2.55 bits per heavy atom. The molecule has 0 radical (unpaired) electrons. The first-order valence-corrected chi connectivity index (χ1v) is 8.33. The van der Waals surface area contributed by atoms with Gasteiger partial charge in [0.15, 0.2) is 0 Å². The molecular formula is C16H17BrINO. The van der Waals surface area contributed by atoms with Crippen molar-refractivity contribution in [2.75, 3.05) is 0 Å². The lowest BCUT2D eigenvalue weighted by Gasteiger charge is -2.15. The topological polar surface area (TPSA) is 35.2 Å². The summed E-state index contributed by atoms with van der Waals surface area (Å²) in [7, 11) is 0. The minimum atomic E-state index is 0.116. The Morgan fingerprint density at radius 1 is 1.20 bits per heavy atom. The smallest absolute Gasteiger partial charge is 0.137 e. The Hall–Kier alpha value is -0.590. The third-order valence-corrected chi connectivity index (χ3v) is 4.23. The minimum Gasteiger partial charge on any atom is -0.487 e. The normalized spacial score (nSPS) is 12.2. The summed E-state index contributed by atoms with van der Waals surface area (Å²) in [5, 5.41) is 0. The van der Waals surface area contributed by atoms with E-state index >= 15 is 0 Å². The fourth-order valence-corrected chi connectivity index (χ4v) is 2.84. The zero-order valence-corrected chi connectivity index (χ0v) is 15.0. The summed E-state index contributed by atoms with van der Waals surface area (Å²) in [6, 6.07) is 14.5. The van der Waals surface area contributed by atoms with Crippen LogP contribution in [0.2, 0.25) is 0 Å². The van der Waals surface area contributed by atoms with E-state index in [9.17, 15) is 0 Å². The van der Waals surface area contributed by atoms with E-state index in [1.54, 1.807) is 0 Å². The van der Waals surface area contributed by atoms with Gasteiger partial charge in [-0.15, -0.1) is 0 Å². The van der Waals surface area contributed by atoms with Gasteiger partial charge in [-0.2, -0.15) is 0 Å². The van der Waals surface area contributed by atoms with Crippen LogP contribution in [0.5, 0.6) is 5.75 Å². The molecule has 2 aromatic rings. The zero-order valence-electron chi connectivity index (χ0n) is 11.3. The van der Waals surface area contributed by atoms with Gasteiger partial charge in [-0.1, -0.05) is 24.3 Å². The molecule has 2 nitrogen and oxygen atoms in total. The molecule has 0 amide bonds. The number of hydrogen-bond donors (Lipinski definition) is 1. The molecule has 1 unspecified atom stereocenters. The van der Waals surface area contributed by atoms with Gasteiger partial charge in [-0.3, -0.25) is 0 Å². The maximum atomic E-state index is 5.99. The van der Waals surface area contributed by atoms with Gasteiger partial charge in [-0.25, -0.2) is 0 Å². The lowest BCUT2D eigenvalue weighted by atomic mass is 10.1. The average molecular weight is 446 g/mol. The highest BCUT2D eigenvalue weighted by atomic mass is 127. The number of para-hydroxylation sites is 1. The van der Waals surface area contributed by atoms with E-state index in [-0.39, 0.29) is 6.04 Å². The fourth-order valence-electron chi connectivity index (χ4n) is 1.96. The molecular weight excluding hydrogens is 429 g/mol. The molecule has 20 heavy (non-hydrogen) atoms. The SMILES string of the molecule is CC(N)Cc1cccc(Br)c1OCc1ccc(I)cc1. The van der Waals surface area contributed by atoms with Gasteiger partial charge >= 0.3 is 0 Å². The minimum absolute atomic E-state index is 0.116. The summed E-state index contributed by atoms with van der Waals surface area (Å²) >= 11 is 5.85. The first kappa shape index (κ1) is 15.8. The maximum absolute atomic E-state index is 5.99. The Kier molecular flexibility index (Phi) is 5.86. The van der Waals surface area contributed by atoms with Crippen LogP contribution in [-0.4, -0.2) is 6.04 Å². The van der Waals surface area contributed by atoms with E-state index in [4.69, 9.17) is 10.5 Å². The van der Waals surface area contributed by atoms with Crippen molar-refractivity contribution < 1.29 is 4.74 Å². The molecule has 0 spiro atoms. The van der Waals surface area contributed by atoms with Gasteiger partial charge in [0.2, 0.25) is 0 Å². The first-order chi connectivity index (χ1) is 9.56. The van der Waals surface area contributed by atoms with Crippen LogP contribution < -0.4 is 10.5 Å². The van der Waals surface area contributed by atoms with Crippen LogP contribution >= 0.6 is 38.5 Å². The second-order valence-corrected chi connectivity index (χ2v) is 6.92. The largest absolute Gasteiger partial charge is 0.487 e.